The van der Waals surface area contributed by atoms with E-state index in [1.807, 2.05) is 43.4 Å². The molecular formula is C24H30BrN3O3. The van der Waals surface area contributed by atoms with Gasteiger partial charge in [0.25, 0.3) is 0 Å². The highest BCUT2D eigenvalue weighted by Crippen LogP contribution is 2.40. The summed E-state index contributed by atoms with van der Waals surface area (Å²) in [4.78, 5) is 26.0. The number of fused-ring (bicyclic) bond motifs is 1. The topological polar surface area (TPSA) is 79.5 Å². The lowest BCUT2D eigenvalue weighted by molar-refractivity contribution is -0.126. The first-order valence-electron chi connectivity index (χ1n) is 10.8. The number of amides is 2. The third-order valence-corrected chi connectivity index (χ3v) is 8.21. The van der Waals surface area contributed by atoms with Crippen molar-refractivity contribution >= 4 is 33.4 Å². The number of benzene rings is 1. The Balaban J connectivity index is 1.41. The van der Waals surface area contributed by atoms with Gasteiger partial charge in [0.2, 0.25) is 11.8 Å². The highest BCUT2D eigenvalue weighted by atomic mass is 79.9. The molecule has 2 amide bonds. The number of nitrogens with one attached hydrogen (secondary N) is 3. The Labute approximate surface area is 192 Å². The minimum atomic E-state index is -0.443. The molecule has 1 aromatic carbocycles. The fourth-order valence-electron chi connectivity index (χ4n) is 4.92. The lowest BCUT2D eigenvalue weighted by atomic mass is 9.76. The quantitative estimate of drug-likeness (QED) is 0.605. The molecule has 4 rings (SSSR count). The molecule has 1 aromatic rings. The molecule has 1 saturated heterocycles. The fourth-order valence-corrected chi connectivity index (χ4v) is 5.46. The van der Waals surface area contributed by atoms with Crippen LogP contribution in [0.5, 0.6) is 5.75 Å². The molecule has 1 spiro atoms. The summed E-state index contributed by atoms with van der Waals surface area (Å²) in [5, 5.41) is 9.99. The smallest absolute Gasteiger partial charge is 0.229 e. The summed E-state index contributed by atoms with van der Waals surface area (Å²) in [6.45, 7) is 4.72. The molecule has 2 atom stereocenters. The Hall–Kier alpha value is -2.12. The van der Waals surface area contributed by atoms with Crippen molar-refractivity contribution in [2.45, 2.75) is 50.6 Å². The van der Waals surface area contributed by atoms with Crippen molar-refractivity contribution in [1.29, 1.82) is 0 Å². The van der Waals surface area contributed by atoms with E-state index in [2.05, 4.69) is 38.8 Å². The third kappa shape index (κ3) is 4.17. The molecule has 3 N–H and O–H groups in total. The van der Waals surface area contributed by atoms with Crippen molar-refractivity contribution < 1.29 is 14.3 Å². The van der Waals surface area contributed by atoms with Gasteiger partial charge in [-0.15, -0.1) is 0 Å². The number of carbonyl (C=O) groups excluding carboxylic acids is 2. The van der Waals surface area contributed by atoms with Gasteiger partial charge in [-0.2, -0.15) is 0 Å². The summed E-state index contributed by atoms with van der Waals surface area (Å²) < 4.78 is 6.34. The minimum Gasteiger partial charge on any atom is -0.496 e. The largest absolute Gasteiger partial charge is 0.496 e. The van der Waals surface area contributed by atoms with Gasteiger partial charge >= 0.3 is 0 Å². The summed E-state index contributed by atoms with van der Waals surface area (Å²) >= 11 is 3.64. The Morgan fingerprint density at radius 3 is 2.74 bits per heavy atom. The predicted molar refractivity (Wildman–Crippen MR) is 125 cm³/mol. The lowest BCUT2D eigenvalue weighted by Crippen LogP contribution is -2.56. The monoisotopic (exact) mass is 487 g/mol. The number of allylic oxidation sites excluding steroid dienone is 2. The van der Waals surface area contributed by atoms with Crippen molar-refractivity contribution in [3.05, 3.63) is 46.5 Å². The van der Waals surface area contributed by atoms with Gasteiger partial charge in [0, 0.05) is 28.7 Å². The van der Waals surface area contributed by atoms with Crippen molar-refractivity contribution in [1.82, 2.24) is 10.6 Å². The van der Waals surface area contributed by atoms with Crippen molar-refractivity contribution in [2.24, 2.45) is 11.8 Å². The normalized spacial score (nSPS) is 32.5. The Bertz CT molecular complexity index is 949. The van der Waals surface area contributed by atoms with Gasteiger partial charge in [0.05, 0.1) is 24.1 Å². The average molecular weight is 488 g/mol. The van der Waals surface area contributed by atoms with Gasteiger partial charge in [-0.1, -0.05) is 40.2 Å². The highest BCUT2D eigenvalue weighted by molar-refractivity contribution is 9.11. The molecule has 3 aliphatic rings. The van der Waals surface area contributed by atoms with Gasteiger partial charge in [-0.3, -0.25) is 9.59 Å². The molecule has 1 aliphatic heterocycles. The first kappa shape index (κ1) is 22.1. The lowest BCUT2D eigenvalue weighted by Gasteiger charge is -2.40. The number of carbonyl (C=O) groups is 2. The number of aryl methyl sites for hydroxylation is 1. The molecule has 6 nitrogen and oxygen atoms in total. The summed E-state index contributed by atoms with van der Waals surface area (Å²) in [6, 6.07) is 5.70. The van der Waals surface area contributed by atoms with Crippen LogP contribution < -0.4 is 20.7 Å². The number of methoxy groups -OCH3 is 1. The standard InChI is InChI=1S/C24H30BrN3O3/c1-15-7-8-17(13-19(15)31-3)27-21(29)16-9-11-24(12-10-16)14-26-23(2)18(22(30)28-24)5-4-6-20(23)25/h4-8,13,16,18,26H,9-12,14H2,1-3H3,(H,27,29)(H,28,30). The molecule has 31 heavy (non-hydrogen) atoms. The third-order valence-electron chi connectivity index (χ3n) is 7.12. The van der Waals surface area contributed by atoms with Crippen LogP contribution in [0.25, 0.3) is 0 Å². The van der Waals surface area contributed by atoms with E-state index in [1.165, 1.54) is 0 Å². The molecule has 7 heteroatoms. The Kier molecular flexibility index (Phi) is 6.01. The maximum Gasteiger partial charge on any atom is 0.229 e. The van der Waals surface area contributed by atoms with E-state index in [0.717, 1.165) is 47.2 Å². The summed E-state index contributed by atoms with van der Waals surface area (Å²) in [7, 11) is 1.63. The van der Waals surface area contributed by atoms with Crippen LogP contribution in [-0.2, 0) is 9.59 Å². The molecule has 1 saturated carbocycles. The zero-order valence-corrected chi connectivity index (χ0v) is 19.8. The Morgan fingerprint density at radius 1 is 1.29 bits per heavy atom. The second kappa shape index (κ2) is 8.43. The number of anilines is 1. The number of hydrogen-bond donors (Lipinski definition) is 3. The molecule has 1 heterocycles. The van der Waals surface area contributed by atoms with Crippen LogP contribution in [0.3, 0.4) is 0 Å². The first-order chi connectivity index (χ1) is 14.8. The second-order valence-electron chi connectivity index (χ2n) is 9.15. The van der Waals surface area contributed by atoms with Crippen LogP contribution in [0.15, 0.2) is 40.9 Å². The molecule has 0 radical (unpaired) electrons. The van der Waals surface area contributed by atoms with Crippen LogP contribution >= 0.6 is 15.9 Å². The van der Waals surface area contributed by atoms with Gasteiger partial charge in [0.15, 0.2) is 0 Å². The first-order valence-corrected chi connectivity index (χ1v) is 11.6. The van der Waals surface area contributed by atoms with Crippen LogP contribution in [0, 0.1) is 18.8 Å². The van der Waals surface area contributed by atoms with Crippen LogP contribution in [0.1, 0.15) is 38.2 Å². The minimum absolute atomic E-state index is 0.0305. The van der Waals surface area contributed by atoms with Crippen molar-refractivity contribution in [2.75, 3.05) is 19.0 Å². The number of hydrogen-bond acceptors (Lipinski definition) is 4. The van der Waals surface area contributed by atoms with E-state index in [-0.39, 0.29) is 29.2 Å². The summed E-state index contributed by atoms with van der Waals surface area (Å²) in [5.74, 6) is 0.509. The van der Waals surface area contributed by atoms with Crippen molar-refractivity contribution in [3.63, 3.8) is 0 Å². The van der Waals surface area contributed by atoms with Crippen LogP contribution in [0.4, 0.5) is 5.69 Å². The fraction of sp³-hybridized carbons (Fsp3) is 0.500. The maximum atomic E-state index is 13.1. The molecular weight excluding hydrogens is 458 g/mol. The molecule has 2 aliphatic carbocycles. The molecule has 0 bridgehead atoms. The predicted octanol–water partition coefficient (Wildman–Crippen LogP) is 3.81. The second-order valence-corrected chi connectivity index (χ2v) is 10.0. The average Bonchev–Trinajstić information content (AvgIpc) is 2.86. The molecule has 0 aromatic heterocycles. The van der Waals surface area contributed by atoms with Gasteiger partial charge < -0.3 is 20.7 Å². The number of rotatable bonds is 3. The number of halogens is 1. The van der Waals surface area contributed by atoms with Crippen LogP contribution in [0.2, 0.25) is 0 Å². The Morgan fingerprint density at radius 2 is 2.03 bits per heavy atom. The van der Waals surface area contributed by atoms with Gasteiger partial charge in [-0.05, 0) is 51.2 Å². The van der Waals surface area contributed by atoms with E-state index >= 15 is 0 Å². The molecule has 2 unspecified atom stereocenters. The molecule has 2 fully saturated rings. The van der Waals surface area contributed by atoms with E-state index in [0.29, 0.717) is 6.54 Å². The SMILES string of the molecule is COc1cc(NC(=O)C2CCC3(CC2)CNC2(C)C(Br)=CC=CC2C(=O)N3)ccc1C. The van der Waals surface area contributed by atoms with E-state index in [9.17, 15) is 9.59 Å². The van der Waals surface area contributed by atoms with Gasteiger partial charge in [-0.25, -0.2) is 0 Å². The number of ether oxygens (including phenoxy) is 1. The maximum absolute atomic E-state index is 13.1. The highest BCUT2D eigenvalue weighted by Gasteiger charge is 2.49. The summed E-state index contributed by atoms with van der Waals surface area (Å²) in [6.07, 6.45) is 8.91. The van der Waals surface area contributed by atoms with E-state index in [1.54, 1.807) is 7.11 Å². The van der Waals surface area contributed by atoms with Crippen molar-refractivity contribution in [3.8, 4) is 5.75 Å². The summed E-state index contributed by atoms with van der Waals surface area (Å²) in [5.41, 5.74) is 1.02. The van der Waals surface area contributed by atoms with E-state index in [4.69, 9.17) is 4.74 Å². The van der Waals surface area contributed by atoms with Crippen LogP contribution in [-0.4, -0.2) is 36.5 Å². The zero-order chi connectivity index (χ0) is 22.2. The van der Waals surface area contributed by atoms with E-state index < -0.39 is 5.54 Å². The zero-order valence-electron chi connectivity index (χ0n) is 18.3. The molecule has 166 valence electrons. The van der Waals surface area contributed by atoms with Gasteiger partial charge in [0.1, 0.15) is 5.75 Å².